The van der Waals surface area contributed by atoms with Crippen LogP contribution in [-0.4, -0.2) is 31.2 Å². The summed E-state index contributed by atoms with van der Waals surface area (Å²) in [7, 11) is 0. The normalized spacial score (nSPS) is 12.4. The topological polar surface area (TPSA) is 63.0 Å². The van der Waals surface area contributed by atoms with Crippen LogP contribution in [0.25, 0.3) is 127 Å². The largest absolute Gasteiger partial charge is 0.311 e. The van der Waals surface area contributed by atoms with Gasteiger partial charge in [0.2, 0.25) is 0 Å². The van der Waals surface area contributed by atoms with Gasteiger partial charge in [0.1, 0.15) is 0 Å². The van der Waals surface area contributed by atoms with Crippen molar-refractivity contribution in [2.24, 2.45) is 0 Å². The van der Waals surface area contributed by atoms with E-state index in [1.165, 1.54) is 70.1 Å². The number of fused-ring (bicyclic) bond motifs is 11. The molecule has 0 aliphatic carbocycles. The quantitative estimate of drug-likeness (QED) is 0.127. The smallest absolute Gasteiger partial charge is 0.252 e. The first-order valence-electron chi connectivity index (χ1n) is 32.2. The van der Waals surface area contributed by atoms with Gasteiger partial charge in [0.05, 0.1) is 39.5 Å². The Bertz CT molecular complexity index is 5820. The van der Waals surface area contributed by atoms with Gasteiger partial charge >= 0.3 is 0 Å². The maximum absolute atomic E-state index is 5.73. The Morgan fingerprint density at radius 1 is 0.284 bits per heavy atom. The molecule has 0 amide bonds. The summed E-state index contributed by atoms with van der Waals surface area (Å²) in [4.78, 5) is 26.7. The lowest BCUT2D eigenvalue weighted by Crippen LogP contribution is -2.61. The molecule has 13 aromatic carbocycles. The fraction of sp³-hybridized carbons (Fsp3) is 0. The summed E-state index contributed by atoms with van der Waals surface area (Å²) in [6.07, 6.45) is 0. The molecule has 0 spiro atoms. The highest BCUT2D eigenvalue weighted by Crippen LogP contribution is 2.47. The minimum Gasteiger partial charge on any atom is -0.311 e. The van der Waals surface area contributed by atoms with Crippen LogP contribution in [0.3, 0.4) is 0 Å². The van der Waals surface area contributed by atoms with Crippen LogP contribution in [0.2, 0.25) is 0 Å². The summed E-state index contributed by atoms with van der Waals surface area (Å²) in [5.74, 6) is 1.27. The van der Waals surface area contributed by atoms with Crippen LogP contribution in [0.4, 0.5) is 34.1 Å². The van der Waals surface area contributed by atoms with Crippen molar-refractivity contribution in [3.8, 4) is 84.6 Å². The van der Waals surface area contributed by atoms with Gasteiger partial charge in [-0.25, -0.2) is 19.9 Å². The fourth-order valence-corrected chi connectivity index (χ4v) is 16.0. The van der Waals surface area contributed by atoms with Gasteiger partial charge in [0.25, 0.3) is 6.71 Å². The minimum atomic E-state index is 0.0672. The number of para-hydroxylation sites is 4. The molecule has 6 heterocycles. The monoisotopic (exact) mass is 1230 g/mol. The molecule has 2 aliphatic heterocycles. The lowest BCUT2D eigenvalue weighted by Gasteiger charge is -2.44. The van der Waals surface area contributed by atoms with E-state index >= 15 is 0 Å². The van der Waals surface area contributed by atoms with Gasteiger partial charge in [-0.15, -0.1) is 11.3 Å². The van der Waals surface area contributed by atoms with Crippen molar-refractivity contribution in [1.82, 2.24) is 24.5 Å². The standard InChI is InChI=1S/C86H54BN7S/c1-5-23-56(24-6-1)70-53-72(90-85(88-70)58-27-9-3-10-28-58)60-45-49-75(94-74-37-17-13-34-66(74)82-78(94)50-48-65-64-33-14-20-42-81(64)95-84(65)82)67(52-60)73-54-71(57-25-7-2-8-26-57)89-86(91-73)61-30-21-29-59(51-61)55-43-46-63(47-44-55)93-77-39-19-16-36-69(77)87-68-35-15-18-38-76(68)92(62-31-11-4-12-32-62)79-40-22-41-80(93)83(79)87/h1-54H. The van der Waals surface area contributed by atoms with Crippen LogP contribution in [0.15, 0.2) is 328 Å². The van der Waals surface area contributed by atoms with Crippen molar-refractivity contribution in [2.45, 2.75) is 0 Å². The van der Waals surface area contributed by atoms with E-state index in [-0.39, 0.29) is 6.71 Å². The maximum atomic E-state index is 5.73. The summed E-state index contributed by atoms with van der Waals surface area (Å²) < 4.78 is 4.99. The number of thiophene rings is 1. The maximum Gasteiger partial charge on any atom is 0.252 e. The molecule has 4 aromatic heterocycles. The first-order chi connectivity index (χ1) is 47.1. The van der Waals surface area contributed by atoms with Gasteiger partial charge in [0.15, 0.2) is 11.6 Å². The SMILES string of the molecule is c1ccc(-c2cc(-c3ccc(-n4c5ccccc5c5c6sc7ccccc7c6ccc54)c(-c4cc(-c5ccccc5)nc(-c5cccc(-c6ccc(N7c8ccccc8B8c9ccccc9N(c9ccccc9)c9cccc7c98)cc6)c5)n4)c3)nc(-c3ccccc3)n2)cc1. The Hall–Kier alpha value is -12.3. The number of nitrogens with zero attached hydrogens (tertiary/aromatic N) is 7. The second kappa shape index (κ2) is 22.2. The molecule has 0 unspecified atom stereocenters. The zero-order valence-electron chi connectivity index (χ0n) is 51.3. The van der Waals surface area contributed by atoms with Gasteiger partial charge in [-0.1, -0.05) is 231 Å². The highest BCUT2D eigenvalue weighted by atomic mass is 32.1. The Balaban J connectivity index is 0.771. The molecule has 0 saturated heterocycles. The Morgan fingerprint density at radius 3 is 1.46 bits per heavy atom. The average Bonchev–Trinajstić information content (AvgIpc) is 1.71. The number of benzene rings is 13. The Labute approximate surface area is 553 Å². The predicted molar refractivity (Wildman–Crippen MR) is 397 cm³/mol. The van der Waals surface area contributed by atoms with Crippen molar-refractivity contribution >= 4 is 111 Å². The molecule has 0 saturated carbocycles. The molecular weight excluding hydrogens is 1170 g/mol. The number of aromatic nitrogens is 5. The summed E-state index contributed by atoms with van der Waals surface area (Å²) in [6.45, 7) is 0.0672. The molecule has 0 atom stereocenters. The third-order valence-electron chi connectivity index (χ3n) is 19.0. The van der Waals surface area contributed by atoms with Gasteiger partial charge in [-0.2, -0.15) is 0 Å². The van der Waals surface area contributed by atoms with Gasteiger partial charge < -0.3 is 14.4 Å². The molecule has 9 heteroatoms. The van der Waals surface area contributed by atoms with E-state index in [9.17, 15) is 0 Å². The van der Waals surface area contributed by atoms with Gasteiger partial charge in [-0.05, 0) is 125 Å². The van der Waals surface area contributed by atoms with Crippen molar-refractivity contribution in [2.75, 3.05) is 9.80 Å². The first-order valence-corrected chi connectivity index (χ1v) is 33.0. The van der Waals surface area contributed by atoms with Crippen LogP contribution in [0.1, 0.15) is 0 Å². The van der Waals surface area contributed by atoms with E-state index in [2.05, 4.69) is 318 Å². The van der Waals surface area contributed by atoms with E-state index < -0.39 is 0 Å². The zero-order valence-corrected chi connectivity index (χ0v) is 52.1. The van der Waals surface area contributed by atoms with Crippen LogP contribution in [-0.2, 0) is 0 Å². The van der Waals surface area contributed by atoms with Crippen LogP contribution in [0, 0.1) is 0 Å². The second-order valence-electron chi connectivity index (χ2n) is 24.4. The zero-order chi connectivity index (χ0) is 62.5. The third-order valence-corrected chi connectivity index (χ3v) is 20.2. The van der Waals surface area contributed by atoms with Crippen LogP contribution in [0.5, 0.6) is 0 Å². The molecule has 442 valence electrons. The average molecular weight is 1230 g/mol. The number of rotatable bonds is 10. The number of anilines is 6. The Kier molecular flexibility index (Phi) is 12.7. The molecule has 7 nitrogen and oxygen atoms in total. The third kappa shape index (κ3) is 9.03. The first kappa shape index (κ1) is 54.4. The summed E-state index contributed by atoms with van der Waals surface area (Å²) in [5.41, 5.74) is 25.1. The van der Waals surface area contributed by atoms with Gasteiger partial charge in [-0.3, -0.25) is 0 Å². The van der Waals surface area contributed by atoms with Crippen molar-refractivity contribution < 1.29 is 0 Å². The number of hydrogen-bond donors (Lipinski definition) is 0. The highest BCUT2D eigenvalue weighted by Gasteiger charge is 2.43. The summed E-state index contributed by atoms with van der Waals surface area (Å²) >= 11 is 1.86. The van der Waals surface area contributed by atoms with E-state index in [1.807, 2.05) is 35.6 Å². The molecule has 19 rings (SSSR count). The second-order valence-corrected chi connectivity index (χ2v) is 25.5. The van der Waals surface area contributed by atoms with Crippen molar-refractivity contribution in [1.29, 1.82) is 0 Å². The predicted octanol–water partition coefficient (Wildman–Crippen LogP) is 20.5. The molecule has 95 heavy (non-hydrogen) atoms. The lowest BCUT2D eigenvalue weighted by molar-refractivity contribution is 1.15. The minimum absolute atomic E-state index is 0.0672. The summed E-state index contributed by atoms with van der Waals surface area (Å²) in [5, 5.41) is 4.96. The lowest BCUT2D eigenvalue weighted by atomic mass is 9.33. The van der Waals surface area contributed by atoms with E-state index in [0.29, 0.717) is 11.6 Å². The molecule has 17 aromatic rings. The number of hydrogen-bond acceptors (Lipinski definition) is 7. The van der Waals surface area contributed by atoms with Crippen molar-refractivity contribution in [3.63, 3.8) is 0 Å². The van der Waals surface area contributed by atoms with Crippen molar-refractivity contribution in [3.05, 3.63) is 328 Å². The van der Waals surface area contributed by atoms with E-state index in [0.717, 1.165) is 95.4 Å². The molecule has 0 radical (unpaired) electrons. The molecule has 0 N–H and O–H groups in total. The molecule has 0 bridgehead atoms. The fourth-order valence-electron chi connectivity index (χ4n) is 14.7. The van der Waals surface area contributed by atoms with E-state index in [4.69, 9.17) is 19.9 Å². The van der Waals surface area contributed by atoms with Crippen LogP contribution >= 0.6 is 11.3 Å². The van der Waals surface area contributed by atoms with E-state index in [1.54, 1.807) is 0 Å². The van der Waals surface area contributed by atoms with Gasteiger partial charge in [0, 0.05) is 98.4 Å². The summed E-state index contributed by atoms with van der Waals surface area (Å²) in [6, 6.07) is 118. The Morgan fingerprint density at radius 2 is 0.779 bits per heavy atom. The highest BCUT2D eigenvalue weighted by molar-refractivity contribution is 7.26. The van der Waals surface area contributed by atoms with Crippen LogP contribution < -0.4 is 26.2 Å². The molecule has 2 aliphatic rings. The molecular formula is C86H54BN7S. The molecule has 0 fully saturated rings.